The van der Waals surface area contributed by atoms with E-state index in [2.05, 4.69) is 5.32 Å². The van der Waals surface area contributed by atoms with Crippen LogP contribution >= 0.6 is 0 Å². The highest BCUT2D eigenvalue weighted by atomic mass is 16.5. The summed E-state index contributed by atoms with van der Waals surface area (Å²) in [6.45, 7) is 1.73. The minimum Gasteiger partial charge on any atom is -0.493 e. The first-order chi connectivity index (χ1) is 16.5. The van der Waals surface area contributed by atoms with Crippen LogP contribution in [-0.2, 0) is 16.0 Å². The van der Waals surface area contributed by atoms with Gasteiger partial charge in [-0.2, -0.15) is 0 Å². The van der Waals surface area contributed by atoms with Gasteiger partial charge in [0.1, 0.15) is 6.54 Å². The first-order valence-electron chi connectivity index (χ1n) is 11.0. The van der Waals surface area contributed by atoms with Crippen molar-refractivity contribution in [2.45, 2.75) is 13.3 Å². The summed E-state index contributed by atoms with van der Waals surface area (Å²) in [7, 11) is 3.08. The molecule has 0 bridgehead atoms. The molecule has 3 aromatic carbocycles. The number of rotatable bonds is 7. The highest BCUT2D eigenvalue weighted by Crippen LogP contribution is 2.34. The maximum atomic E-state index is 13.7. The molecule has 1 aliphatic heterocycles. The normalized spacial score (nSPS) is 15.1. The second kappa shape index (κ2) is 10.2. The fourth-order valence-corrected chi connectivity index (χ4v) is 4.05. The summed E-state index contributed by atoms with van der Waals surface area (Å²) >= 11 is 0. The van der Waals surface area contributed by atoms with Gasteiger partial charge in [0, 0.05) is 17.5 Å². The molecule has 4 rings (SSSR count). The molecule has 0 saturated carbocycles. The predicted molar refractivity (Wildman–Crippen MR) is 133 cm³/mol. The van der Waals surface area contributed by atoms with Crippen molar-refractivity contribution in [2.75, 3.05) is 31.0 Å². The molecule has 34 heavy (non-hydrogen) atoms. The molecule has 7 heteroatoms. The number of fused-ring (bicyclic) bond motifs is 1. The monoisotopic (exact) mass is 457 g/mol. The number of carbonyl (C=O) groups excluding carboxylic acids is 2. The number of aliphatic imine (C=N–C) groups is 1. The molecule has 174 valence electrons. The molecule has 1 aliphatic rings. The van der Waals surface area contributed by atoms with E-state index < -0.39 is 5.92 Å². The average molecular weight is 458 g/mol. The highest BCUT2D eigenvalue weighted by Gasteiger charge is 2.33. The first kappa shape index (κ1) is 23.0. The number of methoxy groups -OCH3 is 2. The molecule has 3 aromatic rings. The Balaban J connectivity index is 1.60. The minimum absolute atomic E-state index is 0.141. The van der Waals surface area contributed by atoms with Crippen molar-refractivity contribution < 1.29 is 19.1 Å². The van der Waals surface area contributed by atoms with Crippen molar-refractivity contribution in [1.29, 1.82) is 0 Å². The van der Waals surface area contributed by atoms with E-state index in [4.69, 9.17) is 14.5 Å². The number of benzene rings is 3. The first-order valence-corrected chi connectivity index (χ1v) is 11.0. The average Bonchev–Trinajstić information content (AvgIpc) is 2.95. The van der Waals surface area contributed by atoms with Gasteiger partial charge in [0.2, 0.25) is 11.8 Å². The van der Waals surface area contributed by atoms with E-state index in [1.54, 1.807) is 25.3 Å². The number of nitrogens with one attached hydrogen (secondary N) is 1. The summed E-state index contributed by atoms with van der Waals surface area (Å²) < 4.78 is 10.6. The predicted octanol–water partition coefficient (Wildman–Crippen LogP) is 4.64. The van der Waals surface area contributed by atoms with E-state index in [9.17, 15) is 9.59 Å². The maximum absolute atomic E-state index is 13.7. The van der Waals surface area contributed by atoms with Crippen molar-refractivity contribution in [3.63, 3.8) is 0 Å². The van der Waals surface area contributed by atoms with Crippen LogP contribution in [0.15, 0.2) is 77.8 Å². The molecule has 1 atom stereocenters. The minimum atomic E-state index is -0.469. The summed E-state index contributed by atoms with van der Waals surface area (Å²) in [4.78, 5) is 33.0. The summed E-state index contributed by atoms with van der Waals surface area (Å²) in [5.41, 5.74) is 3.60. The molecular formula is C27H27N3O4. The Morgan fingerprint density at radius 3 is 2.41 bits per heavy atom. The van der Waals surface area contributed by atoms with Gasteiger partial charge >= 0.3 is 0 Å². The van der Waals surface area contributed by atoms with Crippen LogP contribution in [0.3, 0.4) is 0 Å². The number of hydrogen-bond donors (Lipinski definition) is 1. The summed E-state index contributed by atoms with van der Waals surface area (Å²) in [5.74, 6) is 0.117. The van der Waals surface area contributed by atoms with E-state index in [1.807, 2.05) is 61.5 Å². The second-order valence-electron chi connectivity index (χ2n) is 8.03. The molecule has 0 fully saturated rings. The Morgan fingerprint density at radius 1 is 0.971 bits per heavy atom. The van der Waals surface area contributed by atoms with Crippen molar-refractivity contribution >= 4 is 34.6 Å². The molecule has 7 nitrogen and oxygen atoms in total. The van der Waals surface area contributed by atoms with Gasteiger partial charge in [-0.15, -0.1) is 0 Å². The van der Waals surface area contributed by atoms with Gasteiger partial charge in [-0.05, 0) is 43.2 Å². The highest BCUT2D eigenvalue weighted by molar-refractivity contribution is 6.15. The Kier molecular flexibility index (Phi) is 6.92. The number of amides is 2. The molecule has 2 amide bonds. The zero-order chi connectivity index (χ0) is 24.1. The fraction of sp³-hybridized carbons (Fsp3) is 0.222. The Bertz CT molecular complexity index is 1220. The van der Waals surface area contributed by atoms with Crippen LogP contribution in [0.1, 0.15) is 12.5 Å². The Morgan fingerprint density at radius 2 is 1.68 bits per heavy atom. The van der Waals surface area contributed by atoms with Crippen LogP contribution in [0.4, 0.5) is 17.1 Å². The fourth-order valence-electron chi connectivity index (χ4n) is 4.05. The van der Waals surface area contributed by atoms with Crippen LogP contribution in [0, 0.1) is 5.92 Å². The van der Waals surface area contributed by atoms with Gasteiger partial charge in [-0.1, -0.05) is 42.5 Å². The number of carbonyl (C=O) groups is 2. The van der Waals surface area contributed by atoms with E-state index in [-0.39, 0.29) is 18.4 Å². The van der Waals surface area contributed by atoms with Crippen LogP contribution in [0.5, 0.6) is 11.5 Å². The lowest BCUT2D eigenvalue weighted by atomic mass is 9.94. The lowest BCUT2D eigenvalue weighted by Crippen LogP contribution is -2.43. The van der Waals surface area contributed by atoms with Crippen LogP contribution < -0.4 is 19.7 Å². The van der Waals surface area contributed by atoms with E-state index in [1.165, 1.54) is 12.0 Å². The van der Waals surface area contributed by atoms with Crippen molar-refractivity contribution in [1.82, 2.24) is 0 Å². The van der Waals surface area contributed by atoms with Crippen molar-refractivity contribution in [3.05, 3.63) is 78.4 Å². The molecular weight excluding hydrogens is 430 g/mol. The zero-order valence-corrected chi connectivity index (χ0v) is 19.4. The molecule has 0 radical (unpaired) electrons. The molecule has 0 saturated heterocycles. The molecule has 1 heterocycles. The van der Waals surface area contributed by atoms with Gasteiger partial charge in [0.05, 0.1) is 31.5 Å². The number of anilines is 2. The second-order valence-corrected chi connectivity index (χ2v) is 8.03. The van der Waals surface area contributed by atoms with Crippen LogP contribution in [0.2, 0.25) is 0 Å². The van der Waals surface area contributed by atoms with Gasteiger partial charge in [-0.3, -0.25) is 14.6 Å². The smallest absolute Gasteiger partial charge is 0.244 e. The van der Waals surface area contributed by atoms with Crippen LogP contribution in [-0.4, -0.2) is 38.3 Å². The van der Waals surface area contributed by atoms with Gasteiger partial charge in [0.15, 0.2) is 11.5 Å². The molecule has 0 spiro atoms. The van der Waals surface area contributed by atoms with Crippen molar-refractivity contribution in [2.24, 2.45) is 10.9 Å². The topological polar surface area (TPSA) is 80.2 Å². The quantitative estimate of drug-likeness (QED) is 0.561. The third kappa shape index (κ3) is 4.93. The standard InChI is InChI=1S/C27H27N3O4/c1-18-21(15-19-9-5-4-6-10-19)27(32)30(23-12-8-7-11-22(23)28-18)17-26(31)29-20-13-14-24(33-2)25(16-20)34-3/h4-14,16,21H,15,17H2,1-3H3,(H,29,31)/t21-/m1/s1. The summed E-state index contributed by atoms with van der Waals surface area (Å²) in [6, 6.07) is 22.3. The number of nitrogens with zero attached hydrogens (tertiary/aromatic N) is 2. The number of hydrogen-bond acceptors (Lipinski definition) is 5. The lowest BCUT2D eigenvalue weighted by molar-refractivity contribution is -0.123. The van der Waals surface area contributed by atoms with E-state index >= 15 is 0 Å². The molecule has 0 aromatic heterocycles. The van der Waals surface area contributed by atoms with Gasteiger partial charge in [0.25, 0.3) is 0 Å². The zero-order valence-electron chi connectivity index (χ0n) is 19.4. The third-order valence-corrected chi connectivity index (χ3v) is 5.79. The van der Waals surface area contributed by atoms with E-state index in [0.29, 0.717) is 35.0 Å². The lowest BCUT2D eigenvalue weighted by Gasteiger charge is -2.25. The third-order valence-electron chi connectivity index (χ3n) is 5.79. The number of ether oxygens (including phenoxy) is 2. The largest absolute Gasteiger partial charge is 0.493 e. The Labute approximate surface area is 199 Å². The molecule has 1 N–H and O–H groups in total. The van der Waals surface area contributed by atoms with Gasteiger partial charge in [-0.25, -0.2) is 0 Å². The number of para-hydroxylation sites is 2. The maximum Gasteiger partial charge on any atom is 0.244 e. The SMILES string of the molecule is COc1ccc(NC(=O)CN2C(=O)[C@H](Cc3ccccc3)C(C)=Nc3ccccc32)cc1OC. The van der Waals surface area contributed by atoms with Crippen LogP contribution in [0.25, 0.3) is 0 Å². The summed E-state index contributed by atoms with van der Waals surface area (Å²) in [5, 5.41) is 2.86. The van der Waals surface area contributed by atoms with E-state index in [0.717, 1.165) is 11.3 Å². The molecule has 0 unspecified atom stereocenters. The Hall–Kier alpha value is -4.13. The molecule has 0 aliphatic carbocycles. The van der Waals surface area contributed by atoms with Gasteiger partial charge < -0.3 is 19.7 Å². The van der Waals surface area contributed by atoms with Crippen molar-refractivity contribution in [3.8, 4) is 11.5 Å². The summed E-state index contributed by atoms with van der Waals surface area (Å²) in [6.07, 6.45) is 0.511.